The number of nitrogens with one attached hydrogen (secondary N) is 1. The van der Waals surface area contributed by atoms with Crippen LogP contribution in [0.2, 0.25) is 0 Å². The van der Waals surface area contributed by atoms with E-state index in [2.05, 4.69) is 5.32 Å². The molecule has 1 unspecified atom stereocenters. The molecule has 0 saturated carbocycles. The van der Waals surface area contributed by atoms with Crippen LogP contribution in [0.3, 0.4) is 0 Å². The van der Waals surface area contributed by atoms with Gasteiger partial charge < -0.3 is 10.4 Å². The maximum absolute atomic E-state index is 12.2. The van der Waals surface area contributed by atoms with Crippen molar-refractivity contribution in [1.29, 1.82) is 0 Å². The van der Waals surface area contributed by atoms with E-state index in [4.69, 9.17) is 0 Å². The Balaban J connectivity index is 2.25. The lowest BCUT2D eigenvalue weighted by Crippen LogP contribution is -2.27. The number of benzene rings is 2. The molecular formula is C15H14N2O4. The first-order valence-electron chi connectivity index (χ1n) is 6.32. The van der Waals surface area contributed by atoms with Crippen LogP contribution >= 0.6 is 0 Å². The van der Waals surface area contributed by atoms with Crippen LogP contribution in [0.25, 0.3) is 0 Å². The number of carbonyl (C=O) groups excluding carboxylic acids is 1. The van der Waals surface area contributed by atoms with Crippen LogP contribution in [0.5, 0.6) is 5.75 Å². The highest BCUT2D eigenvalue weighted by atomic mass is 16.6. The number of nitrogens with zero attached hydrogens (tertiary/aromatic N) is 1. The number of phenolic OH excluding ortho intramolecular Hbond substituents is 1. The van der Waals surface area contributed by atoms with E-state index in [-0.39, 0.29) is 23.0 Å². The van der Waals surface area contributed by atoms with Crippen molar-refractivity contribution in [2.45, 2.75) is 13.0 Å². The van der Waals surface area contributed by atoms with Crippen LogP contribution in [-0.4, -0.2) is 15.9 Å². The minimum Gasteiger partial charge on any atom is -0.508 e. The van der Waals surface area contributed by atoms with E-state index in [0.29, 0.717) is 0 Å². The largest absolute Gasteiger partial charge is 0.508 e. The third kappa shape index (κ3) is 3.36. The Morgan fingerprint density at radius 2 is 1.90 bits per heavy atom. The number of nitro groups is 1. The minimum absolute atomic E-state index is 0.164. The first kappa shape index (κ1) is 14.5. The normalized spacial score (nSPS) is 11.7. The van der Waals surface area contributed by atoms with Gasteiger partial charge in [-0.25, -0.2) is 0 Å². The van der Waals surface area contributed by atoms with Gasteiger partial charge in [-0.05, 0) is 24.6 Å². The highest BCUT2D eigenvalue weighted by Gasteiger charge is 2.22. The fraction of sp³-hybridized carbons (Fsp3) is 0.133. The van der Waals surface area contributed by atoms with Gasteiger partial charge in [-0.2, -0.15) is 0 Å². The van der Waals surface area contributed by atoms with Gasteiger partial charge in [0.25, 0.3) is 11.6 Å². The molecule has 0 heterocycles. The molecule has 0 fully saturated rings. The van der Waals surface area contributed by atoms with E-state index < -0.39 is 10.8 Å². The SMILES string of the molecule is CC(NC(=O)c1cc(O)ccc1[N+](=O)[O-])c1ccccc1. The summed E-state index contributed by atoms with van der Waals surface area (Å²) in [6.07, 6.45) is 0. The molecule has 2 aromatic rings. The third-order valence-corrected chi connectivity index (χ3v) is 3.07. The predicted octanol–water partition coefficient (Wildman–Crippen LogP) is 2.79. The molecule has 0 radical (unpaired) electrons. The smallest absolute Gasteiger partial charge is 0.282 e. The monoisotopic (exact) mass is 286 g/mol. The lowest BCUT2D eigenvalue weighted by molar-refractivity contribution is -0.385. The number of carbonyl (C=O) groups is 1. The van der Waals surface area contributed by atoms with Crippen molar-refractivity contribution in [3.8, 4) is 5.75 Å². The van der Waals surface area contributed by atoms with Gasteiger partial charge in [0.15, 0.2) is 0 Å². The number of nitro benzene ring substituents is 1. The predicted molar refractivity (Wildman–Crippen MR) is 77.1 cm³/mol. The molecule has 2 N–H and O–H groups in total. The van der Waals surface area contributed by atoms with Crippen LogP contribution in [0.15, 0.2) is 48.5 Å². The molecule has 108 valence electrons. The fourth-order valence-electron chi connectivity index (χ4n) is 1.96. The van der Waals surface area contributed by atoms with E-state index in [9.17, 15) is 20.0 Å². The van der Waals surface area contributed by atoms with E-state index in [1.54, 1.807) is 6.92 Å². The van der Waals surface area contributed by atoms with Crippen molar-refractivity contribution in [3.63, 3.8) is 0 Å². The summed E-state index contributed by atoms with van der Waals surface area (Å²) in [6, 6.07) is 12.3. The van der Waals surface area contributed by atoms with Crippen molar-refractivity contribution >= 4 is 11.6 Å². The summed E-state index contributed by atoms with van der Waals surface area (Å²) < 4.78 is 0. The quantitative estimate of drug-likeness (QED) is 0.667. The number of amides is 1. The molecule has 1 atom stereocenters. The summed E-state index contributed by atoms with van der Waals surface area (Å²) in [7, 11) is 0. The average Bonchev–Trinajstić information content (AvgIpc) is 2.47. The van der Waals surface area contributed by atoms with E-state index in [1.165, 1.54) is 6.07 Å². The van der Waals surface area contributed by atoms with Gasteiger partial charge in [0, 0.05) is 6.07 Å². The molecule has 6 heteroatoms. The minimum atomic E-state index is -0.651. The Morgan fingerprint density at radius 3 is 2.52 bits per heavy atom. The first-order chi connectivity index (χ1) is 9.99. The number of hydrogen-bond donors (Lipinski definition) is 2. The standard InChI is InChI=1S/C15H14N2O4/c1-10(11-5-3-2-4-6-11)16-15(19)13-9-12(18)7-8-14(13)17(20)21/h2-10,18H,1H3,(H,16,19). The zero-order valence-electron chi connectivity index (χ0n) is 11.3. The molecule has 0 bridgehead atoms. The highest BCUT2D eigenvalue weighted by molar-refractivity contribution is 5.98. The fourth-order valence-corrected chi connectivity index (χ4v) is 1.96. The van der Waals surface area contributed by atoms with E-state index >= 15 is 0 Å². The zero-order chi connectivity index (χ0) is 15.4. The summed E-state index contributed by atoms with van der Waals surface area (Å²) in [6.45, 7) is 1.78. The molecule has 0 spiro atoms. The van der Waals surface area contributed by atoms with E-state index in [0.717, 1.165) is 17.7 Å². The highest BCUT2D eigenvalue weighted by Crippen LogP contribution is 2.24. The Labute approximate surface area is 121 Å². The second-order valence-electron chi connectivity index (χ2n) is 4.56. The molecular weight excluding hydrogens is 272 g/mol. The number of hydrogen-bond acceptors (Lipinski definition) is 4. The maximum Gasteiger partial charge on any atom is 0.282 e. The number of phenols is 1. The average molecular weight is 286 g/mol. The first-order valence-corrected chi connectivity index (χ1v) is 6.32. The van der Waals surface area contributed by atoms with Crippen LogP contribution in [0.1, 0.15) is 28.9 Å². The lowest BCUT2D eigenvalue weighted by Gasteiger charge is -2.14. The summed E-state index contributed by atoms with van der Waals surface area (Å²) >= 11 is 0. The Bertz CT molecular complexity index is 671. The molecule has 21 heavy (non-hydrogen) atoms. The van der Waals surface area contributed by atoms with Gasteiger partial charge in [0.2, 0.25) is 0 Å². The lowest BCUT2D eigenvalue weighted by atomic mass is 10.1. The summed E-state index contributed by atoms with van der Waals surface area (Å²) in [5.74, 6) is -0.799. The summed E-state index contributed by atoms with van der Waals surface area (Å²) in [5.41, 5.74) is 0.377. The molecule has 0 aromatic heterocycles. The van der Waals surface area contributed by atoms with Gasteiger partial charge in [-0.15, -0.1) is 0 Å². The number of rotatable bonds is 4. The van der Waals surface area contributed by atoms with Crippen molar-refractivity contribution in [1.82, 2.24) is 5.32 Å². The Morgan fingerprint density at radius 1 is 1.24 bits per heavy atom. The zero-order valence-corrected chi connectivity index (χ0v) is 11.3. The molecule has 1 amide bonds. The van der Waals surface area contributed by atoms with Crippen LogP contribution in [-0.2, 0) is 0 Å². The van der Waals surface area contributed by atoms with Gasteiger partial charge in [0.05, 0.1) is 11.0 Å². The number of aromatic hydroxyl groups is 1. The molecule has 6 nitrogen and oxygen atoms in total. The molecule has 0 aliphatic carbocycles. The Kier molecular flexibility index (Phi) is 4.18. The van der Waals surface area contributed by atoms with Gasteiger partial charge in [-0.1, -0.05) is 30.3 Å². The van der Waals surface area contributed by atoms with Crippen molar-refractivity contribution in [2.75, 3.05) is 0 Å². The Hall–Kier alpha value is -2.89. The maximum atomic E-state index is 12.2. The summed E-state index contributed by atoms with van der Waals surface area (Å²) in [5, 5.41) is 23.0. The topological polar surface area (TPSA) is 92.5 Å². The van der Waals surface area contributed by atoms with Crippen LogP contribution in [0.4, 0.5) is 5.69 Å². The summed E-state index contributed by atoms with van der Waals surface area (Å²) in [4.78, 5) is 22.5. The molecule has 2 rings (SSSR count). The molecule has 0 aliphatic heterocycles. The van der Waals surface area contributed by atoms with Gasteiger partial charge >= 0.3 is 0 Å². The molecule has 2 aromatic carbocycles. The molecule has 0 saturated heterocycles. The third-order valence-electron chi connectivity index (χ3n) is 3.07. The van der Waals surface area contributed by atoms with Crippen LogP contribution in [0, 0.1) is 10.1 Å². The van der Waals surface area contributed by atoms with Crippen molar-refractivity contribution < 1.29 is 14.8 Å². The second kappa shape index (κ2) is 6.04. The second-order valence-corrected chi connectivity index (χ2v) is 4.56. The molecule has 0 aliphatic rings. The van der Waals surface area contributed by atoms with E-state index in [1.807, 2.05) is 30.3 Å². The van der Waals surface area contributed by atoms with Crippen molar-refractivity contribution in [3.05, 3.63) is 69.8 Å². The van der Waals surface area contributed by atoms with Gasteiger partial charge in [0.1, 0.15) is 11.3 Å². The van der Waals surface area contributed by atoms with Crippen molar-refractivity contribution in [2.24, 2.45) is 0 Å². The van der Waals surface area contributed by atoms with Gasteiger partial charge in [-0.3, -0.25) is 14.9 Å². The van der Waals surface area contributed by atoms with Crippen LogP contribution < -0.4 is 5.32 Å².